The minimum absolute atomic E-state index is 0.135. The average Bonchev–Trinajstić information content (AvgIpc) is 2.74. The highest BCUT2D eigenvalue weighted by Crippen LogP contribution is 2.14. The monoisotopic (exact) mass is 423 g/mol. The second kappa shape index (κ2) is 23.1. The van der Waals surface area contributed by atoms with Gasteiger partial charge in [-0.25, -0.2) is 0 Å². The molecule has 2 nitrogen and oxygen atoms in total. The molecule has 1 amide bonds. The molecule has 0 unspecified atom stereocenters. The second-order valence-electron chi connectivity index (χ2n) is 9.84. The average molecular weight is 424 g/mol. The van der Waals surface area contributed by atoms with Crippen molar-refractivity contribution in [1.82, 2.24) is 4.90 Å². The smallest absolute Gasteiger partial charge is 0.225 e. The third-order valence-electron chi connectivity index (χ3n) is 6.37. The number of rotatable bonds is 23. The van der Waals surface area contributed by atoms with Crippen LogP contribution in [0.1, 0.15) is 156 Å². The molecular formula is C28H57NO. The van der Waals surface area contributed by atoms with E-state index in [0.717, 1.165) is 13.1 Å². The molecule has 0 spiro atoms. The van der Waals surface area contributed by atoms with Gasteiger partial charge in [0.25, 0.3) is 0 Å². The van der Waals surface area contributed by atoms with E-state index in [9.17, 15) is 4.79 Å². The van der Waals surface area contributed by atoms with Crippen molar-refractivity contribution < 1.29 is 4.79 Å². The Morgan fingerprint density at radius 2 is 0.767 bits per heavy atom. The summed E-state index contributed by atoms with van der Waals surface area (Å²) in [6.45, 7) is 10.6. The molecule has 0 saturated carbocycles. The zero-order valence-electron chi connectivity index (χ0n) is 21.5. The van der Waals surface area contributed by atoms with Crippen molar-refractivity contribution >= 4 is 5.91 Å². The lowest BCUT2D eigenvalue weighted by Gasteiger charge is -2.24. The maximum absolute atomic E-state index is 12.6. The molecule has 0 atom stereocenters. The largest absolute Gasteiger partial charge is 0.342 e. The van der Waals surface area contributed by atoms with E-state index >= 15 is 0 Å². The number of hydrogen-bond acceptors (Lipinski definition) is 1. The number of carbonyl (C=O) groups is 1. The van der Waals surface area contributed by atoms with E-state index in [-0.39, 0.29) is 5.92 Å². The lowest BCUT2D eigenvalue weighted by atomic mass is 10.1. The number of amides is 1. The van der Waals surface area contributed by atoms with E-state index in [4.69, 9.17) is 0 Å². The van der Waals surface area contributed by atoms with E-state index in [0.29, 0.717) is 5.91 Å². The third-order valence-corrected chi connectivity index (χ3v) is 6.37. The molecule has 180 valence electrons. The topological polar surface area (TPSA) is 20.3 Å². The molecule has 2 heteroatoms. The van der Waals surface area contributed by atoms with Gasteiger partial charge in [0.2, 0.25) is 5.91 Å². The standard InChI is InChI=1S/C28H57NO/c1-5-7-9-11-13-15-17-19-21-23-25-29(28(30)27(3)4)26-24-22-20-18-16-14-12-10-8-6-2/h27H,5-26H2,1-4H3. The molecule has 0 saturated heterocycles. The van der Waals surface area contributed by atoms with Gasteiger partial charge in [-0.1, -0.05) is 143 Å². The number of hydrogen-bond donors (Lipinski definition) is 0. The van der Waals surface area contributed by atoms with Crippen LogP contribution < -0.4 is 0 Å². The van der Waals surface area contributed by atoms with Crippen LogP contribution in [-0.2, 0) is 4.79 Å². The normalized spacial score (nSPS) is 11.4. The Morgan fingerprint density at radius 3 is 1.03 bits per heavy atom. The highest BCUT2D eigenvalue weighted by molar-refractivity contribution is 5.78. The Morgan fingerprint density at radius 1 is 0.500 bits per heavy atom. The Labute approximate surface area is 191 Å². The summed E-state index contributed by atoms with van der Waals surface area (Å²) in [5.74, 6) is 0.498. The molecule has 0 radical (unpaired) electrons. The Bertz CT molecular complexity index is 329. The maximum atomic E-state index is 12.6. The van der Waals surface area contributed by atoms with Gasteiger partial charge in [0, 0.05) is 19.0 Å². The van der Waals surface area contributed by atoms with Gasteiger partial charge in [0.15, 0.2) is 0 Å². The zero-order valence-corrected chi connectivity index (χ0v) is 21.5. The number of carbonyl (C=O) groups excluding carboxylic acids is 1. The van der Waals surface area contributed by atoms with Crippen molar-refractivity contribution in [3.8, 4) is 0 Å². The molecule has 0 aromatic rings. The van der Waals surface area contributed by atoms with Gasteiger partial charge < -0.3 is 4.90 Å². The molecule has 0 bridgehead atoms. The molecule has 0 aliphatic rings. The first-order valence-electron chi connectivity index (χ1n) is 13.9. The van der Waals surface area contributed by atoms with Crippen LogP contribution in [0.2, 0.25) is 0 Å². The van der Waals surface area contributed by atoms with E-state index in [1.54, 1.807) is 0 Å². The van der Waals surface area contributed by atoms with Gasteiger partial charge in [-0.05, 0) is 12.8 Å². The van der Waals surface area contributed by atoms with Crippen LogP contribution in [0.25, 0.3) is 0 Å². The Hall–Kier alpha value is -0.530. The van der Waals surface area contributed by atoms with Crippen LogP contribution in [0.15, 0.2) is 0 Å². The van der Waals surface area contributed by atoms with Crippen LogP contribution in [0.4, 0.5) is 0 Å². The highest BCUT2D eigenvalue weighted by atomic mass is 16.2. The molecule has 30 heavy (non-hydrogen) atoms. The molecule has 0 aliphatic heterocycles. The summed E-state index contributed by atoms with van der Waals surface area (Å²) in [6.07, 6.45) is 27.2. The first-order valence-corrected chi connectivity index (χ1v) is 13.9. The maximum Gasteiger partial charge on any atom is 0.225 e. The number of unbranched alkanes of at least 4 members (excludes halogenated alkanes) is 18. The van der Waals surface area contributed by atoms with Gasteiger partial charge in [-0.3, -0.25) is 4.79 Å². The second-order valence-corrected chi connectivity index (χ2v) is 9.84. The fraction of sp³-hybridized carbons (Fsp3) is 0.964. The first kappa shape index (κ1) is 29.5. The summed E-state index contributed by atoms with van der Waals surface area (Å²) in [7, 11) is 0. The lowest BCUT2D eigenvalue weighted by Crippen LogP contribution is -2.36. The number of nitrogens with zero attached hydrogens (tertiary/aromatic N) is 1. The van der Waals surface area contributed by atoms with Crippen LogP contribution >= 0.6 is 0 Å². The van der Waals surface area contributed by atoms with Crippen LogP contribution in [0.5, 0.6) is 0 Å². The van der Waals surface area contributed by atoms with E-state index in [2.05, 4.69) is 18.7 Å². The highest BCUT2D eigenvalue weighted by Gasteiger charge is 2.16. The quantitative estimate of drug-likeness (QED) is 0.150. The fourth-order valence-electron chi connectivity index (χ4n) is 4.28. The van der Waals surface area contributed by atoms with Crippen LogP contribution in [-0.4, -0.2) is 23.9 Å². The fourth-order valence-corrected chi connectivity index (χ4v) is 4.28. The van der Waals surface area contributed by atoms with Crippen LogP contribution in [0.3, 0.4) is 0 Å². The predicted molar refractivity (Wildman–Crippen MR) is 135 cm³/mol. The molecular weight excluding hydrogens is 366 g/mol. The van der Waals surface area contributed by atoms with Crippen molar-refractivity contribution in [3.63, 3.8) is 0 Å². The summed E-state index contributed by atoms with van der Waals surface area (Å²) >= 11 is 0. The molecule has 0 heterocycles. The minimum Gasteiger partial charge on any atom is -0.342 e. The molecule has 0 rings (SSSR count). The van der Waals surface area contributed by atoms with Crippen molar-refractivity contribution in [2.24, 2.45) is 5.92 Å². The zero-order chi connectivity index (χ0) is 22.3. The first-order chi connectivity index (χ1) is 14.6. The van der Waals surface area contributed by atoms with Crippen LogP contribution in [0, 0.1) is 5.92 Å². The molecule has 0 fully saturated rings. The molecule has 0 aromatic carbocycles. The summed E-state index contributed by atoms with van der Waals surface area (Å²) in [6, 6.07) is 0. The summed E-state index contributed by atoms with van der Waals surface area (Å²) in [5.41, 5.74) is 0. The lowest BCUT2D eigenvalue weighted by molar-refractivity contribution is -0.134. The minimum atomic E-state index is 0.135. The Balaban J connectivity index is 3.73. The van der Waals surface area contributed by atoms with Gasteiger partial charge in [-0.15, -0.1) is 0 Å². The predicted octanol–water partition coefficient (Wildman–Crippen LogP) is 9.31. The SMILES string of the molecule is CCCCCCCCCCCCN(CCCCCCCCCCCC)C(=O)C(C)C. The van der Waals surface area contributed by atoms with Gasteiger partial charge in [0.1, 0.15) is 0 Å². The summed E-state index contributed by atoms with van der Waals surface area (Å²) < 4.78 is 0. The van der Waals surface area contributed by atoms with Gasteiger partial charge in [-0.2, -0.15) is 0 Å². The Kier molecular flexibility index (Phi) is 22.7. The third kappa shape index (κ3) is 19.4. The van der Waals surface area contributed by atoms with Crippen molar-refractivity contribution in [2.45, 2.75) is 156 Å². The molecule has 0 N–H and O–H groups in total. The van der Waals surface area contributed by atoms with Gasteiger partial charge >= 0.3 is 0 Å². The van der Waals surface area contributed by atoms with Gasteiger partial charge in [0.05, 0.1) is 0 Å². The van der Waals surface area contributed by atoms with Crippen molar-refractivity contribution in [1.29, 1.82) is 0 Å². The summed E-state index contributed by atoms with van der Waals surface area (Å²) in [4.78, 5) is 14.7. The van der Waals surface area contributed by atoms with Crippen molar-refractivity contribution in [2.75, 3.05) is 13.1 Å². The van der Waals surface area contributed by atoms with Crippen molar-refractivity contribution in [3.05, 3.63) is 0 Å². The molecule has 0 aromatic heterocycles. The van der Waals surface area contributed by atoms with E-state index in [1.165, 1.54) is 128 Å². The van der Waals surface area contributed by atoms with E-state index < -0.39 is 0 Å². The summed E-state index contributed by atoms with van der Waals surface area (Å²) in [5, 5.41) is 0. The molecule has 0 aliphatic carbocycles. The van der Waals surface area contributed by atoms with E-state index in [1.807, 2.05) is 13.8 Å².